The molecule has 1 aromatic carbocycles. The van der Waals surface area contributed by atoms with E-state index < -0.39 is 0 Å². The third-order valence-electron chi connectivity index (χ3n) is 4.66. The molecule has 0 bridgehead atoms. The molecule has 128 valence electrons. The molecule has 5 nitrogen and oxygen atoms in total. The van der Waals surface area contributed by atoms with Gasteiger partial charge in [0, 0.05) is 25.8 Å². The summed E-state index contributed by atoms with van der Waals surface area (Å²) >= 11 is 0. The molecule has 0 radical (unpaired) electrons. The zero-order valence-electron chi connectivity index (χ0n) is 14.7. The quantitative estimate of drug-likeness (QED) is 0.919. The monoisotopic (exact) mass is 326 g/mol. The Morgan fingerprint density at radius 1 is 1.25 bits per heavy atom. The van der Waals surface area contributed by atoms with Crippen molar-refractivity contribution in [2.24, 2.45) is 0 Å². The fourth-order valence-electron chi connectivity index (χ4n) is 2.97. The number of carbonyl (C=O) groups excluding carboxylic acids is 1. The number of nitrogens with zero attached hydrogens (tertiary/aromatic N) is 3. The minimum Gasteiger partial charge on any atom is -0.347 e. The van der Waals surface area contributed by atoms with E-state index in [4.69, 9.17) is 0 Å². The summed E-state index contributed by atoms with van der Waals surface area (Å²) in [5.41, 5.74) is 2.93. The van der Waals surface area contributed by atoms with Gasteiger partial charge in [0.05, 0.1) is 6.54 Å². The van der Waals surface area contributed by atoms with Crippen molar-refractivity contribution < 1.29 is 4.79 Å². The van der Waals surface area contributed by atoms with Crippen LogP contribution in [0.15, 0.2) is 30.5 Å². The highest BCUT2D eigenvalue weighted by atomic mass is 16.1. The van der Waals surface area contributed by atoms with Gasteiger partial charge in [0.25, 0.3) is 5.91 Å². The number of hydrogen-bond donors (Lipinski definition) is 1. The number of fused-ring (bicyclic) bond motifs is 1. The lowest BCUT2D eigenvalue weighted by atomic mass is 10.0. The van der Waals surface area contributed by atoms with Crippen molar-refractivity contribution in [1.29, 1.82) is 0 Å². The molecule has 1 aliphatic heterocycles. The predicted molar refractivity (Wildman–Crippen MR) is 94.9 cm³/mol. The number of imidazole rings is 1. The third kappa shape index (κ3) is 3.67. The maximum Gasteiger partial charge on any atom is 0.271 e. The van der Waals surface area contributed by atoms with E-state index in [1.165, 1.54) is 5.56 Å². The van der Waals surface area contributed by atoms with E-state index in [0.717, 1.165) is 37.6 Å². The molecule has 0 unspecified atom stereocenters. The first-order valence-electron chi connectivity index (χ1n) is 8.72. The number of aromatic nitrogens is 2. The van der Waals surface area contributed by atoms with Gasteiger partial charge in [0.1, 0.15) is 11.5 Å². The number of amides is 1. The molecule has 3 rings (SSSR count). The van der Waals surface area contributed by atoms with Crippen molar-refractivity contribution in [3.63, 3.8) is 0 Å². The van der Waals surface area contributed by atoms with Crippen LogP contribution in [0.5, 0.6) is 0 Å². The van der Waals surface area contributed by atoms with Crippen molar-refractivity contribution in [3.8, 4) is 0 Å². The molecule has 0 aliphatic carbocycles. The van der Waals surface area contributed by atoms with Gasteiger partial charge in [-0.3, -0.25) is 9.69 Å². The SMILES string of the molecule is CCN1CCn2cc(C(=O)NCc3ccc(C(C)C)cc3)nc2C1. The van der Waals surface area contributed by atoms with Gasteiger partial charge in [0.15, 0.2) is 0 Å². The van der Waals surface area contributed by atoms with Gasteiger partial charge in [-0.05, 0) is 23.6 Å². The van der Waals surface area contributed by atoms with Crippen molar-refractivity contribution in [3.05, 3.63) is 53.1 Å². The summed E-state index contributed by atoms with van der Waals surface area (Å²) in [5, 5.41) is 2.97. The van der Waals surface area contributed by atoms with E-state index in [0.29, 0.717) is 18.2 Å². The summed E-state index contributed by atoms with van der Waals surface area (Å²) in [6.07, 6.45) is 1.87. The molecule has 0 saturated carbocycles. The first-order chi connectivity index (χ1) is 11.6. The van der Waals surface area contributed by atoms with Crippen molar-refractivity contribution in [2.75, 3.05) is 13.1 Å². The molecule has 2 heterocycles. The summed E-state index contributed by atoms with van der Waals surface area (Å²) in [5.74, 6) is 1.40. The Labute approximate surface area is 143 Å². The Kier molecular flexibility index (Phi) is 5.00. The Balaban J connectivity index is 1.60. The fourth-order valence-corrected chi connectivity index (χ4v) is 2.97. The topological polar surface area (TPSA) is 50.2 Å². The minimum absolute atomic E-state index is 0.104. The highest BCUT2D eigenvalue weighted by molar-refractivity contribution is 5.92. The summed E-state index contributed by atoms with van der Waals surface area (Å²) < 4.78 is 2.10. The van der Waals surface area contributed by atoms with Crippen LogP contribution in [0, 0.1) is 0 Å². The van der Waals surface area contributed by atoms with Gasteiger partial charge >= 0.3 is 0 Å². The van der Waals surface area contributed by atoms with Crippen LogP contribution in [0.2, 0.25) is 0 Å². The van der Waals surface area contributed by atoms with E-state index in [1.54, 1.807) is 0 Å². The van der Waals surface area contributed by atoms with Crippen LogP contribution < -0.4 is 5.32 Å². The number of benzene rings is 1. The number of nitrogens with one attached hydrogen (secondary N) is 1. The first-order valence-corrected chi connectivity index (χ1v) is 8.72. The molecule has 1 N–H and O–H groups in total. The molecule has 1 aromatic heterocycles. The average molecular weight is 326 g/mol. The predicted octanol–water partition coefficient (Wildman–Crippen LogP) is 2.77. The highest BCUT2D eigenvalue weighted by Crippen LogP contribution is 2.15. The fraction of sp³-hybridized carbons (Fsp3) is 0.474. The van der Waals surface area contributed by atoms with Crippen LogP contribution in [0.25, 0.3) is 0 Å². The smallest absolute Gasteiger partial charge is 0.271 e. The first kappa shape index (κ1) is 16.7. The Bertz CT molecular complexity index is 703. The summed E-state index contributed by atoms with van der Waals surface area (Å²) in [6, 6.07) is 8.40. The van der Waals surface area contributed by atoms with Crippen LogP contribution in [0.3, 0.4) is 0 Å². The van der Waals surface area contributed by atoms with Gasteiger partial charge < -0.3 is 9.88 Å². The second-order valence-corrected chi connectivity index (χ2v) is 6.68. The van der Waals surface area contributed by atoms with Crippen LogP contribution >= 0.6 is 0 Å². The molecule has 2 aromatic rings. The van der Waals surface area contributed by atoms with E-state index in [1.807, 2.05) is 6.20 Å². The lowest BCUT2D eigenvalue weighted by Gasteiger charge is -2.25. The van der Waals surface area contributed by atoms with E-state index in [-0.39, 0.29) is 5.91 Å². The molecule has 0 atom stereocenters. The van der Waals surface area contributed by atoms with Crippen LogP contribution in [0.1, 0.15) is 54.1 Å². The van der Waals surface area contributed by atoms with Gasteiger partial charge in [-0.2, -0.15) is 0 Å². The van der Waals surface area contributed by atoms with Gasteiger partial charge in [0.2, 0.25) is 0 Å². The number of likely N-dealkylation sites (N-methyl/N-ethyl adjacent to an activating group) is 1. The Morgan fingerprint density at radius 2 is 2.00 bits per heavy atom. The summed E-state index contributed by atoms with van der Waals surface area (Å²) in [6.45, 7) is 10.8. The van der Waals surface area contributed by atoms with E-state index in [9.17, 15) is 4.79 Å². The molecule has 0 fully saturated rings. The lowest BCUT2D eigenvalue weighted by Crippen LogP contribution is -2.33. The Morgan fingerprint density at radius 3 is 2.67 bits per heavy atom. The highest BCUT2D eigenvalue weighted by Gasteiger charge is 2.19. The number of rotatable bonds is 5. The van der Waals surface area contributed by atoms with Crippen LogP contribution in [-0.4, -0.2) is 33.4 Å². The summed E-state index contributed by atoms with van der Waals surface area (Å²) in [7, 11) is 0. The molecule has 0 saturated heterocycles. The van der Waals surface area contributed by atoms with E-state index >= 15 is 0 Å². The minimum atomic E-state index is -0.104. The molecule has 0 spiro atoms. The molecular formula is C19H26N4O. The molecule has 5 heteroatoms. The van der Waals surface area contributed by atoms with Gasteiger partial charge in [-0.15, -0.1) is 0 Å². The number of carbonyl (C=O) groups is 1. The molecule has 24 heavy (non-hydrogen) atoms. The Hall–Kier alpha value is -2.14. The summed E-state index contributed by atoms with van der Waals surface area (Å²) in [4.78, 5) is 19.2. The van der Waals surface area contributed by atoms with Gasteiger partial charge in [-0.1, -0.05) is 45.0 Å². The van der Waals surface area contributed by atoms with Gasteiger partial charge in [-0.25, -0.2) is 4.98 Å². The van der Waals surface area contributed by atoms with Crippen LogP contribution in [0.4, 0.5) is 0 Å². The van der Waals surface area contributed by atoms with Crippen molar-refractivity contribution in [1.82, 2.24) is 19.8 Å². The van der Waals surface area contributed by atoms with E-state index in [2.05, 4.69) is 64.8 Å². The lowest BCUT2D eigenvalue weighted by molar-refractivity contribution is 0.0946. The second kappa shape index (κ2) is 7.18. The van der Waals surface area contributed by atoms with Crippen molar-refractivity contribution >= 4 is 5.91 Å². The van der Waals surface area contributed by atoms with Crippen molar-refractivity contribution in [2.45, 2.75) is 46.3 Å². The third-order valence-corrected chi connectivity index (χ3v) is 4.66. The zero-order chi connectivity index (χ0) is 17.1. The average Bonchev–Trinajstić information content (AvgIpc) is 3.03. The zero-order valence-corrected chi connectivity index (χ0v) is 14.7. The standard InChI is InChI=1S/C19H26N4O/c1-4-22-9-10-23-12-17(21-18(23)13-22)19(24)20-11-15-5-7-16(8-6-15)14(2)3/h5-8,12,14H,4,9-11,13H2,1-3H3,(H,20,24). The normalized spacial score (nSPS) is 14.7. The molecule has 1 aliphatic rings. The molecular weight excluding hydrogens is 300 g/mol. The number of hydrogen-bond acceptors (Lipinski definition) is 3. The molecule has 1 amide bonds. The maximum atomic E-state index is 12.4. The van der Waals surface area contributed by atoms with Crippen LogP contribution in [-0.2, 0) is 19.6 Å². The second-order valence-electron chi connectivity index (χ2n) is 6.68. The largest absolute Gasteiger partial charge is 0.347 e. The maximum absolute atomic E-state index is 12.4.